The Morgan fingerprint density at radius 1 is 1.53 bits per heavy atom. The third-order valence-electron chi connectivity index (χ3n) is 4.03. The summed E-state index contributed by atoms with van der Waals surface area (Å²) in [7, 11) is 1.97. The van der Waals surface area contributed by atoms with E-state index in [1.165, 1.54) is 0 Å². The van der Waals surface area contributed by atoms with E-state index in [0.29, 0.717) is 6.54 Å². The second-order valence-electron chi connectivity index (χ2n) is 5.21. The van der Waals surface area contributed by atoms with Gasteiger partial charge in [-0.15, -0.1) is 0 Å². The van der Waals surface area contributed by atoms with Crippen LogP contribution >= 0.6 is 22.6 Å². The topological polar surface area (TPSA) is 89.8 Å². The maximum atomic E-state index is 10.7. The fourth-order valence-electron chi connectivity index (χ4n) is 2.48. The maximum Gasteiger partial charge on any atom is 0.145 e. The first-order chi connectivity index (χ1) is 8.92. The number of aliphatic hydroxyl groups is 3. The van der Waals surface area contributed by atoms with Crippen LogP contribution in [0.5, 0.6) is 0 Å². The standard InChI is InChI=1S/C12H22BINO4/c1-3-7(2)12(15-4-8(14)5-16)11(13-12)10(19)9(18)6-17/h5,7-11,15,17-19H,3-4,6H2,1-2H3. The number of hydrogen-bond acceptors (Lipinski definition) is 5. The van der Waals surface area contributed by atoms with Crippen molar-refractivity contribution in [3.8, 4) is 0 Å². The lowest BCUT2D eigenvalue weighted by Gasteiger charge is -2.30. The summed E-state index contributed by atoms with van der Waals surface area (Å²) >= 11 is 2.06. The van der Waals surface area contributed by atoms with Crippen LogP contribution < -0.4 is 5.32 Å². The lowest BCUT2D eigenvalue weighted by Crippen LogP contribution is -2.45. The third kappa shape index (κ3) is 3.90. The molecule has 0 aromatic rings. The van der Waals surface area contributed by atoms with Gasteiger partial charge in [-0.25, -0.2) is 0 Å². The minimum absolute atomic E-state index is 0.118. The minimum atomic E-state index is -1.13. The summed E-state index contributed by atoms with van der Waals surface area (Å²) in [6.45, 7) is 4.22. The lowest BCUT2D eigenvalue weighted by molar-refractivity contribution is -0.107. The van der Waals surface area contributed by atoms with Gasteiger partial charge in [-0.3, -0.25) is 0 Å². The van der Waals surface area contributed by atoms with Gasteiger partial charge in [0, 0.05) is 6.54 Å². The smallest absolute Gasteiger partial charge is 0.145 e. The Balaban J connectivity index is 2.68. The van der Waals surface area contributed by atoms with Crippen molar-refractivity contribution in [3.63, 3.8) is 0 Å². The second-order valence-corrected chi connectivity index (χ2v) is 6.81. The van der Waals surface area contributed by atoms with Gasteiger partial charge in [-0.1, -0.05) is 42.9 Å². The molecule has 1 fully saturated rings. The summed E-state index contributed by atoms with van der Waals surface area (Å²) in [6.07, 6.45) is -0.297. The molecule has 0 aromatic heterocycles. The molecule has 1 heterocycles. The molecule has 6 atom stereocenters. The van der Waals surface area contributed by atoms with Gasteiger partial charge in [-0.2, -0.15) is 0 Å². The highest BCUT2D eigenvalue weighted by atomic mass is 127. The first-order valence-electron chi connectivity index (χ1n) is 6.60. The largest absolute Gasteiger partial charge is 0.394 e. The number of halogens is 1. The molecule has 19 heavy (non-hydrogen) atoms. The van der Waals surface area contributed by atoms with Crippen LogP contribution in [0.2, 0.25) is 5.82 Å². The fourth-order valence-corrected chi connectivity index (χ4v) is 2.70. The molecule has 5 nitrogen and oxygen atoms in total. The zero-order valence-corrected chi connectivity index (χ0v) is 13.4. The molecule has 6 unspecified atom stereocenters. The molecule has 0 spiro atoms. The normalized spacial score (nSPS) is 32.0. The monoisotopic (exact) mass is 382 g/mol. The van der Waals surface area contributed by atoms with Crippen molar-refractivity contribution in [1.82, 2.24) is 5.32 Å². The molecule has 0 aromatic carbocycles. The average molecular weight is 382 g/mol. The summed E-state index contributed by atoms with van der Waals surface area (Å²) < 4.78 is -0.118. The van der Waals surface area contributed by atoms with Crippen LogP contribution in [0.15, 0.2) is 0 Å². The van der Waals surface area contributed by atoms with E-state index in [0.717, 1.165) is 12.7 Å². The Morgan fingerprint density at radius 3 is 2.63 bits per heavy atom. The number of rotatable bonds is 9. The van der Waals surface area contributed by atoms with Crippen LogP contribution in [0.25, 0.3) is 0 Å². The van der Waals surface area contributed by atoms with E-state index in [-0.39, 0.29) is 21.1 Å². The van der Waals surface area contributed by atoms with Crippen LogP contribution in [0.1, 0.15) is 20.3 Å². The summed E-state index contributed by atoms with van der Waals surface area (Å²) in [5, 5.41) is 31.8. The molecule has 0 amide bonds. The molecule has 1 rings (SSSR count). The van der Waals surface area contributed by atoms with Gasteiger partial charge < -0.3 is 25.4 Å². The van der Waals surface area contributed by atoms with Crippen LogP contribution in [-0.2, 0) is 4.79 Å². The lowest BCUT2D eigenvalue weighted by atomic mass is 9.83. The summed E-state index contributed by atoms with van der Waals surface area (Å²) in [6, 6.07) is 0. The van der Waals surface area contributed by atoms with Crippen LogP contribution in [0, 0.1) is 5.92 Å². The van der Waals surface area contributed by atoms with Crippen LogP contribution in [-0.4, -0.2) is 63.6 Å². The molecular formula is C12H22BINO4. The summed E-state index contributed by atoms with van der Waals surface area (Å²) in [5.41, 5.74) is -0.350. The maximum absolute atomic E-state index is 10.7. The van der Waals surface area contributed by atoms with Gasteiger partial charge in [0.05, 0.1) is 16.6 Å². The molecule has 1 aliphatic rings. The highest BCUT2D eigenvalue weighted by Gasteiger charge is 2.61. The van der Waals surface area contributed by atoms with Crippen molar-refractivity contribution >= 4 is 36.2 Å². The van der Waals surface area contributed by atoms with Crippen molar-refractivity contribution in [3.05, 3.63) is 0 Å². The Morgan fingerprint density at radius 2 is 2.16 bits per heavy atom. The molecule has 1 aliphatic heterocycles. The average Bonchev–Trinajstić information content (AvgIpc) is 3.17. The number of alkyl halides is 1. The predicted octanol–water partition coefficient (Wildman–Crippen LogP) is -0.459. The van der Waals surface area contributed by atoms with E-state index in [9.17, 15) is 15.0 Å². The number of aldehydes is 1. The molecule has 1 saturated heterocycles. The molecule has 0 aliphatic carbocycles. The molecule has 7 heteroatoms. The van der Waals surface area contributed by atoms with Gasteiger partial charge in [0.25, 0.3) is 0 Å². The summed E-state index contributed by atoms with van der Waals surface area (Å²) in [5.74, 6) is 0.0909. The van der Waals surface area contributed by atoms with Crippen molar-refractivity contribution in [2.24, 2.45) is 5.92 Å². The number of nitrogens with one attached hydrogen (secondary N) is 1. The molecule has 0 bridgehead atoms. The third-order valence-corrected chi connectivity index (χ3v) is 4.76. The molecular weight excluding hydrogens is 360 g/mol. The quantitative estimate of drug-likeness (QED) is 0.188. The van der Waals surface area contributed by atoms with Gasteiger partial charge in [0.15, 0.2) is 0 Å². The van der Waals surface area contributed by atoms with E-state index in [4.69, 9.17) is 5.11 Å². The first-order valence-corrected chi connectivity index (χ1v) is 7.84. The number of carbonyl (C=O) groups is 1. The summed E-state index contributed by atoms with van der Waals surface area (Å²) in [4.78, 5) is 10.7. The molecule has 109 valence electrons. The van der Waals surface area contributed by atoms with Crippen molar-refractivity contribution < 1.29 is 20.1 Å². The number of hydrogen-bond donors (Lipinski definition) is 4. The Labute approximate surface area is 128 Å². The van der Waals surface area contributed by atoms with E-state index in [1.807, 2.05) is 7.28 Å². The SMILES string of the molecule is CCC(C)C1(NCC(I)C=O)[B]C1C(O)C(O)CO. The molecule has 0 saturated carbocycles. The number of aliphatic hydroxyl groups excluding tert-OH is 3. The number of carbonyl (C=O) groups excluding carboxylic acids is 1. The highest BCUT2D eigenvalue weighted by molar-refractivity contribution is 14.1. The van der Waals surface area contributed by atoms with Crippen LogP contribution in [0.3, 0.4) is 0 Å². The second kappa shape index (κ2) is 7.35. The fraction of sp³-hybridized carbons (Fsp3) is 0.917. The van der Waals surface area contributed by atoms with E-state index in [2.05, 4.69) is 41.8 Å². The van der Waals surface area contributed by atoms with Gasteiger partial charge in [-0.05, 0) is 17.2 Å². The highest BCUT2D eigenvalue weighted by Crippen LogP contribution is 2.49. The van der Waals surface area contributed by atoms with Crippen molar-refractivity contribution in [1.29, 1.82) is 0 Å². The van der Waals surface area contributed by atoms with Crippen LogP contribution in [0.4, 0.5) is 0 Å². The minimum Gasteiger partial charge on any atom is -0.394 e. The van der Waals surface area contributed by atoms with E-state index >= 15 is 0 Å². The van der Waals surface area contributed by atoms with Gasteiger partial charge in [0.2, 0.25) is 0 Å². The zero-order chi connectivity index (χ0) is 14.6. The zero-order valence-electron chi connectivity index (χ0n) is 11.3. The Kier molecular flexibility index (Phi) is 6.72. The van der Waals surface area contributed by atoms with Gasteiger partial charge >= 0.3 is 0 Å². The molecule has 1 radical (unpaired) electrons. The first kappa shape index (κ1) is 17.4. The van der Waals surface area contributed by atoms with E-state index < -0.39 is 18.8 Å². The Bertz CT molecular complexity index is 309. The van der Waals surface area contributed by atoms with Crippen molar-refractivity contribution in [2.45, 2.75) is 47.7 Å². The van der Waals surface area contributed by atoms with E-state index in [1.54, 1.807) is 0 Å². The van der Waals surface area contributed by atoms with Gasteiger partial charge in [0.1, 0.15) is 19.7 Å². The van der Waals surface area contributed by atoms with Crippen molar-refractivity contribution in [2.75, 3.05) is 13.2 Å². The molecule has 4 N–H and O–H groups in total. The predicted molar refractivity (Wildman–Crippen MR) is 82.7 cm³/mol. The Hall–Kier alpha value is 0.305.